The molecule has 3 fully saturated rings. The summed E-state index contributed by atoms with van der Waals surface area (Å²) in [6.45, 7) is 4.62. The van der Waals surface area contributed by atoms with E-state index in [-0.39, 0.29) is 41.8 Å². The van der Waals surface area contributed by atoms with E-state index >= 15 is 0 Å². The molecule has 3 aliphatic rings. The number of ether oxygens (including phenoxy) is 1. The number of hydrogen-bond donors (Lipinski definition) is 1. The molecule has 2 amide bonds. The zero-order valence-corrected chi connectivity index (χ0v) is 20.1. The molecular formula is C23H34N4O5S. The summed E-state index contributed by atoms with van der Waals surface area (Å²) < 4.78 is 28.9. The Morgan fingerprint density at radius 2 is 1.73 bits per heavy atom. The Hall–Kier alpha value is -2.17. The number of morpholine rings is 1. The lowest BCUT2D eigenvalue weighted by molar-refractivity contribution is -0.138. The highest BCUT2D eigenvalue weighted by molar-refractivity contribution is 7.91. The molecule has 0 saturated carbocycles. The second kappa shape index (κ2) is 10.4. The quantitative estimate of drug-likeness (QED) is 0.646. The Kier molecular flexibility index (Phi) is 7.55. The molecule has 0 aromatic heterocycles. The zero-order chi connectivity index (χ0) is 23.4. The van der Waals surface area contributed by atoms with Crippen LogP contribution >= 0.6 is 0 Å². The van der Waals surface area contributed by atoms with Crippen LogP contribution in [0.1, 0.15) is 19.3 Å². The summed E-state index contributed by atoms with van der Waals surface area (Å²) in [5.74, 6) is 0.138. The SMILES string of the molecule is CN(CC(=O)Nc1ccc(N2CCOCC2)cc1)C(=O)C1CCN(C2CCS(=O)(=O)C2)CC1. The van der Waals surface area contributed by atoms with Gasteiger partial charge in [0, 0.05) is 43.5 Å². The number of anilines is 2. The highest BCUT2D eigenvalue weighted by Gasteiger charge is 2.36. The summed E-state index contributed by atoms with van der Waals surface area (Å²) in [6.07, 6.45) is 2.09. The van der Waals surface area contributed by atoms with Crippen LogP contribution in [0.5, 0.6) is 0 Å². The number of carbonyl (C=O) groups excluding carboxylic acids is 2. The molecule has 4 rings (SSSR count). The van der Waals surface area contributed by atoms with Crippen LogP contribution in [0.3, 0.4) is 0 Å². The van der Waals surface area contributed by atoms with Crippen molar-refractivity contribution in [3.63, 3.8) is 0 Å². The smallest absolute Gasteiger partial charge is 0.243 e. The van der Waals surface area contributed by atoms with E-state index in [4.69, 9.17) is 4.74 Å². The van der Waals surface area contributed by atoms with Gasteiger partial charge in [0.25, 0.3) is 0 Å². The van der Waals surface area contributed by atoms with Crippen molar-refractivity contribution in [2.45, 2.75) is 25.3 Å². The van der Waals surface area contributed by atoms with Crippen LogP contribution in [0.4, 0.5) is 11.4 Å². The topological polar surface area (TPSA) is 99.3 Å². The number of hydrogen-bond acceptors (Lipinski definition) is 7. The number of nitrogens with zero attached hydrogens (tertiary/aromatic N) is 3. The van der Waals surface area contributed by atoms with Gasteiger partial charge in [0.05, 0.1) is 31.3 Å². The third kappa shape index (κ3) is 6.24. The molecule has 3 heterocycles. The molecular weight excluding hydrogens is 444 g/mol. The Balaban J connectivity index is 1.21. The second-order valence-electron chi connectivity index (χ2n) is 9.26. The van der Waals surface area contributed by atoms with Crippen LogP contribution in [-0.4, -0.2) is 101 Å². The summed E-state index contributed by atoms with van der Waals surface area (Å²) in [7, 11) is -1.24. The average Bonchev–Trinajstić information content (AvgIpc) is 3.19. The van der Waals surface area contributed by atoms with E-state index in [2.05, 4.69) is 15.1 Å². The van der Waals surface area contributed by atoms with E-state index in [0.29, 0.717) is 24.9 Å². The van der Waals surface area contributed by atoms with E-state index in [1.807, 2.05) is 24.3 Å². The second-order valence-corrected chi connectivity index (χ2v) is 11.5. The van der Waals surface area contributed by atoms with E-state index in [9.17, 15) is 18.0 Å². The Morgan fingerprint density at radius 1 is 1.06 bits per heavy atom. The van der Waals surface area contributed by atoms with Crippen molar-refractivity contribution in [2.75, 3.05) is 74.7 Å². The number of rotatable bonds is 6. The van der Waals surface area contributed by atoms with Gasteiger partial charge in [-0.15, -0.1) is 0 Å². The minimum atomic E-state index is -2.90. The van der Waals surface area contributed by atoms with Crippen molar-refractivity contribution in [2.24, 2.45) is 5.92 Å². The number of likely N-dealkylation sites (tertiary alicyclic amines) is 1. The van der Waals surface area contributed by atoms with Gasteiger partial charge in [-0.05, 0) is 56.6 Å². The highest BCUT2D eigenvalue weighted by atomic mass is 32.2. The fraction of sp³-hybridized carbons (Fsp3) is 0.652. The molecule has 0 aliphatic carbocycles. The first-order valence-corrected chi connectivity index (χ1v) is 13.5. The van der Waals surface area contributed by atoms with Crippen LogP contribution in [0.2, 0.25) is 0 Å². The van der Waals surface area contributed by atoms with Gasteiger partial charge in [0.1, 0.15) is 0 Å². The molecule has 0 spiro atoms. The minimum Gasteiger partial charge on any atom is -0.378 e. The van der Waals surface area contributed by atoms with Gasteiger partial charge in [-0.25, -0.2) is 8.42 Å². The lowest BCUT2D eigenvalue weighted by atomic mass is 9.94. The first-order valence-electron chi connectivity index (χ1n) is 11.7. The van der Waals surface area contributed by atoms with E-state index in [0.717, 1.165) is 45.1 Å². The molecule has 1 unspecified atom stereocenters. The van der Waals surface area contributed by atoms with Crippen molar-refractivity contribution in [3.05, 3.63) is 24.3 Å². The molecule has 0 bridgehead atoms. The van der Waals surface area contributed by atoms with Gasteiger partial charge >= 0.3 is 0 Å². The standard InChI is InChI=1S/C23H34N4O5S/c1-25(23(29)18-6-9-26(10-7-18)21-8-15-33(30,31)17-21)16-22(28)24-19-2-4-20(5-3-19)27-11-13-32-14-12-27/h2-5,18,21H,6-17H2,1H3,(H,24,28). The third-order valence-corrected chi connectivity index (χ3v) is 8.64. The molecule has 33 heavy (non-hydrogen) atoms. The van der Waals surface area contributed by atoms with Crippen molar-refractivity contribution in [1.29, 1.82) is 0 Å². The lowest BCUT2D eigenvalue weighted by Gasteiger charge is -2.36. The fourth-order valence-corrected chi connectivity index (χ4v) is 6.72. The van der Waals surface area contributed by atoms with Crippen molar-refractivity contribution in [1.82, 2.24) is 9.80 Å². The summed E-state index contributed by atoms with van der Waals surface area (Å²) in [4.78, 5) is 31.3. The van der Waals surface area contributed by atoms with Crippen LogP contribution in [0, 0.1) is 5.92 Å². The van der Waals surface area contributed by atoms with Crippen LogP contribution < -0.4 is 10.2 Å². The van der Waals surface area contributed by atoms with Crippen LogP contribution in [-0.2, 0) is 24.2 Å². The van der Waals surface area contributed by atoms with Crippen molar-refractivity contribution < 1.29 is 22.7 Å². The zero-order valence-electron chi connectivity index (χ0n) is 19.2. The summed E-state index contributed by atoms with van der Waals surface area (Å²) >= 11 is 0. The van der Waals surface area contributed by atoms with E-state index in [1.165, 1.54) is 4.90 Å². The maximum atomic E-state index is 12.9. The predicted molar refractivity (Wildman–Crippen MR) is 127 cm³/mol. The van der Waals surface area contributed by atoms with E-state index < -0.39 is 9.84 Å². The summed E-state index contributed by atoms with van der Waals surface area (Å²) in [5.41, 5.74) is 1.81. The van der Waals surface area contributed by atoms with Gasteiger partial charge in [-0.2, -0.15) is 0 Å². The van der Waals surface area contributed by atoms with Gasteiger partial charge in [0.15, 0.2) is 9.84 Å². The highest BCUT2D eigenvalue weighted by Crippen LogP contribution is 2.25. The number of piperidine rings is 1. The number of likely N-dealkylation sites (N-methyl/N-ethyl adjacent to an activating group) is 1. The van der Waals surface area contributed by atoms with Crippen molar-refractivity contribution in [3.8, 4) is 0 Å². The van der Waals surface area contributed by atoms with Gasteiger partial charge < -0.3 is 19.9 Å². The number of benzene rings is 1. The van der Waals surface area contributed by atoms with Gasteiger partial charge in [-0.3, -0.25) is 14.5 Å². The van der Waals surface area contributed by atoms with Gasteiger partial charge in [0.2, 0.25) is 11.8 Å². The molecule has 1 aromatic rings. The predicted octanol–water partition coefficient (Wildman–Crippen LogP) is 0.819. The molecule has 1 aromatic carbocycles. The monoisotopic (exact) mass is 478 g/mol. The average molecular weight is 479 g/mol. The number of amides is 2. The minimum absolute atomic E-state index is 0.00509. The van der Waals surface area contributed by atoms with Crippen LogP contribution in [0.15, 0.2) is 24.3 Å². The van der Waals surface area contributed by atoms with Crippen molar-refractivity contribution >= 4 is 33.0 Å². The summed E-state index contributed by atoms with van der Waals surface area (Å²) in [5, 5.41) is 2.87. The number of nitrogens with one attached hydrogen (secondary N) is 1. The molecule has 182 valence electrons. The summed E-state index contributed by atoms with van der Waals surface area (Å²) in [6, 6.07) is 7.81. The first kappa shape index (κ1) is 24.0. The van der Waals surface area contributed by atoms with E-state index in [1.54, 1.807) is 7.05 Å². The number of carbonyl (C=O) groups is 2. The molecule has 1 N–H and O–H groups in total. The Morgan fingerprint density at radius 3 is 2.33 bits per heavy atom. The molecule has 10 heteroatoms. The Bertz CT molecular complexity index is 938. The van der Waals surface area contributed by atoms with Gasteiger partial charge in [-0.1, -0.05) is 0 Å². The van der Waals surface area contributed by atoms with Crippen LogP contribution in [0.25, 0.3) is 0 Å². The molecule has 3 saturated heterocycles. The lowest BCUT2D eigenvalue weighted by Crippen LogP contribution is -2.46. The maximum Gasteiger partial charge on any atom is 0.243 e. The molecule has 1 atom stereocenters. The normalized spacial score (nSPS) is 23.9. The third-order valence-electron chi connectivity index (χ3n) is 6.89. The first-order chi connectivity index (χ1) is 15.8. The molecule has 3 aliphatic heterocycles. The molecule has 0 radical (unpaired) electrons. The Labute approximate surface area is 196 Å². The maximum absolute atomic E-state index is 12.9. The number of sulfone groups is 1. The largest absolute Gasteiger partial charge is 0.378 e. The molecule has 9 nitrogen and oxygen atoms in total. The fourth-order valence-electron chi connectivity index (χ4n) is 4.96.